The molecule has 1 unspecified atom stereocenters. The molecule has 1 fully saturated rings. The van der Waals surface area contributed by atoms with Gasteiger partial charge in [-0.2, -0.15) is 4.39 Å². The minimum Gasteiger partial charge on any atom is -0.489 e. The third-order valence-electron chi connectivity index (χ3n) is 3.60. The van der Waals surface area contributed by atoms with Crippen LogP contribution in [-0.2, 0) is 0 Å². The molecule has 1 aromatic rings. The van der Waals surface area contributed by atoms with E-state index in [2.05, 4.69) is 0 Å². The van der Waals surface area contributed by atoms with E-state index in [9.17, 15) is 8.78 Å². The first-order chi connectivity index (χ1) is 8.68. The molecule has 100 valence electrons. The molecule has 0 aromatic heterocycles. The Balaban J connectivity index is 1.88. The van der Waals surface area contributed by atoms with Crippen LogP contribution in [-0.4, -0.2) is 12.6 Å². The lowest BCUT2D eigenvalue weighted by Gasteiger charge is -2.27. The summed E-state index contributed by atoms with van der Waals surface area (Å²) in [5, 5.41) is 0. The van der Waals surface area contributed by atoms with Crippen molar-refractivity contribution in [2.24, 2.45) is 11.7 Å². The lowest BCUT2D eigenvalue weighted by Crippen LogP contribution is -2.37. The second kappa shape index (κ2) is 6.14. The van der Waals surface area contributed by atoms with E-state index >= 15 is 0 Å². The van der Waals surface area contributed by atoms with Crippen molar-refractivity contribution in [1.29, 1.82) is 0 Å². The van der Waals surface area contributed by atoms with Gasteiger partial charge in [-0.25, -0.2) is 4.39 Å². The van der Waals surface area contributed by atoms with Crippen molar-refractivity contribution in [3.63, 3.8) is 0 Å². The van der Waals surface area contributed by atoms with Crippen molar-refractivity contribution < 1.29 is 13.5 Å². The molecule has 2 nitrogen and oxygen atoms in total. The van der Waals surface area contributed by atoms with E-state index in [0.29, 0.717) is 5.92 Å². The van der Waals surface area contributed by atoms with E-state index in [0.717, 1.165) is 18.9 Å². The highest BCUT2D eigenvalue weighted by molar-refractivity contribution is 5.25. The van der Waals surface area contributed by atoms with Gasteiger partial charge in [-0.15, -0.1) is 0 Å². The normalized spacial score (nSPS) is 18.6. The molecule has 18 heavy (non-hydrogen) atoms. The molecule has 0 aliphatic heterocycles. The topological polar surface area (TPSA) is 35.2 Å². The van der Waals surface area contributed by atoms with Gasteiger partial charge < -0.3 is 10.5 Å². The molecule has 0 heterocycles. The maximum Gasteiger partial charge on any atom is 0.200 e. The largest absolute Gasteiger partial charge is 0.489 e. The molecule has 2 N–H and O–H groups in total. The maximum atomic E-state index is 13.4. The van der Waals surface area contributed by atoms with Crippen molar-refractivity contribution in [2.45, 2.75) is 38.1 Å². The molecular formula is C14H19F2NO. The summed E-state index contributed by atoms with van der Waals surface area (Å²) in [7, 11) is 0. The van der Waals surface area contributed by atoms with Gasteiger partial charge in [-0.05, 0) is 30.9 Å². The third kappa shape index (κ3) is 3.19. The number of nitrogens with two attached hydrogens (primary N) is 1. The van der Waals surface area contributed by atoms with E-state index in [4.69, 9.17) is 10.5 Å². The highest BCUT2D eigenvalue weighted by atomic mass is 19.2. The van der Waals surface area contributed by atoms with Crippen LogP contribution in [0.1, 0.15) is 32.1 Å². The fourth-order valence-corrected chi connectivity index (χ4v) is 2.48. The summed E-state index contributed by atoms with van der Waals surface area (Å²) in [6.45, 7) is 0.241. The quantitative estimate of drug-likeness (QED) is 0.896. The Kier molecular flexibility index (Phi) is 4.53. The predicted molar refractivity (Wildman–Crippen MR) is 66.4 cm³/mol. The van der Waals surface area contributed by atoms with Crippen molar-refractivity contribution in [3.8, 4) is 5.75 Å². The number of benzene rings is 1. The number of halogens is 2. The highest BCUT2D eigenvalue weighted by Gasteiger charge is 2.21. The molecule has 2 rings (SSSR count). The number of hydrogen-bond donors (Lipinski definition) is 1. The SMILES string of the molecule is NC(COc1cccc(F)c1F)C1CCCCC1. The Morgan fingerprint density at radius 1 is 1.22 bits per heavy atom. The average molecular weight is 255 g/mol. The predicted octanol–water partition coefficient (Wildman–Crippen LogP) is 3.25. The van der Waals surface area contributed by atoms with Gasteiger partial charge in [0.2, 0.25) is 5.82 Å². The van der Waals surface area contributed by atoms with Crippen LogP contribution in [0, 0.1) is 17.6 Å². The lowest BCUT2D eigenvalue weighted by atomic mass is 9.84. The van der Waals surface area contributed by atoms with Crippen molar-refractivity contribution in [2.75, 3.05) is 6.61 Å². The molecule has 1 saturated carbocycles. The molecule has 0 saturated heterocycles. The van der Waals surface area contributed by atoms with E-state index < -0.39 is 11.6 Å². The van der Waals surface area contributed by atoms with Crippen LogP contribution in [0.25, 0.3) is 0 Å². The Hall–Kier alpha value is -1.16. The third-order valence-corrected chi connectivity index (χ3v) is 3.60. The molecule has 1 aliphatic carbocycles. The number of rotatable bonds is 4. The van der Waals surface area contributed by atoms with Crippen LogP contribution in [0.5, 0.6) is 5.75 Å². The van der Waals surface area contributed by atoms with Crippen LogP contribution in [0.2, 0.25) is 0 Å². The lowest BCUT2D eigenvalue weighted by molar-refractivity contribution is 0.207. The van der Waals surface area contributed by atoms with Crippen LogP contribution >= 0.6 is 0 Å². The van der Waals surface area contributed by atoms with Crippen LogP contribution in [0.3, 0.4) is 0 Å². The Labute approximate surface area is 106 Å². The summed E-state index contributed by atoms with van der Waals surface area (Å²) in [6.07, 6.45) is 5.88. The molecule has 0 radical (unpaired) electrons. The molecule has 0 spiro atoms. The first kappa shape index (κ1) is 13.3. The second-order valence-electron chi connectivity index (χ2n) is 4.92. The summed E-state index contributed by atoms with van der Waals surface area (Å²) in [4.78, 5) is 0. The Bertz CT molecular complexity index is 391. The monoisotopic (exact) mass is 255 g/mol. The van der Waals surface area contributed by atoms with Gasteiger partial charge in [0.25, 0.3) is 0 Å². The fourth-order valence-electron chi connectivity index (χ4n) is 2.48. The average Bonchev–Trinajstić information content (AvgIpc) is 2.41. The maximum absolute atomic E-state index is 13.4. The Morgan fingerprint density at radius 3 is 2.67 bits per heavy atom. The van der Waals surface area contributed by atoms with E-state index in [1.165, 1.54) is 31.4 Å². The van der Waals surface area contributed by atoms with E-state index in [1.54, 1.807) is 0 Å². The molecular weight excluding hydrogens is 236 g/mol. The molecule has 1 atom stereocenters. The van der Waals surface area contributed by atoms with Gasteiger partial charge in [-0.3, -0.25) is 0 Å². The zero-order valence-electron chi connectivity index (χ0n) is 10.4. The van der Waals surface area contributed by atoms with Gasteiger partial charge in [0.15, 0.2) is 11.6 Å². The molecule has 0 bridgehead atoms. The fraction of sp³-hybridized carbons (Fsp3) is 0.571. The van der Waals surface area contributed by atoms with E-state index in [1.807, 2.05) is 0 Å². The van der Waals surface area contributed by atoms with Crippen LogP contribution in [0.4, 0.5) is 8.78 Å². The Morgan fingerprint density at radius 2 is 1.94 bits per heavy atom. The van der Waals surface area contributed by atoms with Crippen molar-refractivity contribution >= 4 is 0 Å². The highest BCUT2D eigenvalue weighted by Crippen LogP contribution is 2.26. The summed E-state index contributed by atoms with van der Waals surface area (Å²) >= 11 is 0. The number of hydrogen-bond acceptors (Lipinski definition) is 2. The van der Waals surface area contributed by atoms with Crippen LogP contribution < -0.4 is 10.5 Å². The summed E-state index contributed by atoms with van der Waals surface area (Å²) in [5.74, 6) is -1.44. The second-order valence-corrected chi connectivity index (χ2v) is 4.92. The zero-order valence-corrected chi connectivity index (χ0v) is 10.4. The molecule has 0 amide bonds. The summed E-state index contributed by atoms with van der Waals surface area (Å²) < 4.78 is 31.6. The first-order valence-electron chi connectivity index (χ1n) is 6.51. The summed E-state index contributed by atoms with van der Waals surface area (Å²) in [6, 6.07) is 3.82. The zero-order chi connectivity index (χ0) is 13.0. The van der Waals surface area contributed by atoms with Gasteiger partial charge in [0, 0.05) is 6.04 Å². The molecule has 1 aliphatic rings. The van der Waals surface area contributed by atoms with Crippen molar-refractivity contribution in [3.05, 3.63) is 29.8 Å². The van der Waals surface area contributed by atoms with Crippen LogP contribution in [0.15, 0.2) is 18.2 Å². The van der Waals surface area contributed by atoms with Crippen molar-refractivity contribution in [1.82, 2.24) is 0 Å². The minimum absolute atomic E-state index is 0.0544. The number of ether oxygens (including phenoxy) is 1. The standard InChI is InChI=1S/C14H19F2NO/c15-11-7-4-8-13(14(11)16)18-9-12(17)10-5-2-1-3-6-10/h4,7-8,10,12H,1-3,5-6,9,17H2. The van der Waals surface area contributed by atoms with Gasteiger partial charge in [0.05, 0.1) is 0 Å². The summed E-state index contributed by atoms with van der Waals surface area (Å²) in [5.41, 5.74) is 6.04. The smallest absolute Gasteiger partial charge is 0.200 e. The van der Waals surface area contributed by atoms with Gasteiger partial charge in [-0.1, -0.05) is 25.3 Å². The molecule has 4 heteroatoms. The minimum atomic E-state index is -0.937. The van der Waals surface area contributed by atoms with Gasteiger partial charge in [0.1, 0.15) is 6.61 Å². The molecule has 1 aromatic carbocycles. The first-order valence-corrected chi connectivity index (χ1v) is 6.51. The van der Waals surface area contributed by atoms with Gasteiger partial charge >= 0.3 is 0 Å². The van der Waals surface area contributed by atoms with E-state index in [-0.39, 0.29) is 18.4 Å².